The van der Waals surface area contributed by atoms with Crippen LogP contribution < -0.4 is 25.2 Å². The lowest BCUT2D eigenvalue weighted by molar-refractivity contribution is -0.193. The van der Waals surface area contributed by atoms with E-state index in [1.807, 2.05) is 54.6 Å². The molecule has 3 heterocycles. The second kappa shape index (κ2) is 15.1. The molecule has 0 saturated carbocycles. The Kier molecular flexibility index (Phi) is 10.6. The second-order valence-electron chi connectivity index (χ2n) is 12.0. The number of aromatic amines is 1. The van der Waals surface area contributed by atoms with E-state index in [0.29, 0.717) is 28.2 Å². The van der Waals surface area contributed by atoms with E-state index in [1.165, 1.54) is 10.9 Å². The number of ether oxygens (including phenoxy) is 4. The third-order valence-electron chi connectivity index (χ3n) is 8.58. The van der Waals surface area contributed by atoms with E-state index >= 15 is 4.39 Å². The minimum absolute atomic E-state index is 0.0959. The Morgan fingerprint density at radius 1 is 1.02 bits per heavy atom. The number of anilines is 1. The third kappa shape index (κ3) is 7.12. The number of methoxy groups -OCH3 is 2. The summed E-state index contributed by atoms with van der Waals surface area (Å²) in [6, 6.07) is 23.8. The number of alkyl halides is 1. The highest BCUT2D eigenvalue weighted by Crippen LogP contribution is 2.44. The minimum Gasteiger partial charge on any atom is -0.566 e. The number of nitrogens with one attached hydrogen (secondary N) is 2. The van der Waals surface area contributed by atoms with Gasteiger partial charge in [-0.25, -0.2) is 9.37 Å². The zero-order chi connectivity index (χ0) is 36.3. The molecule has 5 atom stereocenters. The number of benzene rings is 3. The molecule has 1 unspecified atom stereocenters. The molecule has 1 fully saturated rings. The first-order valence-corrected chi connectivity index (χ1v) is 17.0. The van der Waals surface area contributed by atoms with Gasteiger partial charge < -0.3 is 23.8 Å². The minimum atomic E-state index is -3.55. The number of hydrogen-bond acceptors (Lipinski definition) is 11. The summed E-state index contributed by atoms with van der Waals surface area (Å²) in [5.74, 6) is 0.204. The smallest absolute Gasteiger partial charge is 0.489 e. The van der Waals surface area contributed by atoms with Crippen molar-refractivity contribution in [3.63, 3.8) is 0 Å². The number of halogens is 1. The predicted molar refractivity (Wildman–Crippen MR) is 181 cm³/mol. The fourth-order valence-electron chi connectivity index (χ4n) is 5.98. The van der Waals surface area contributed by atoms with Gasteiger partial charge in [0, 0.05) is 5.92 Å². The number of aromatic nitrogens is 4. The van der Waals surface area contributed by atoms with E-state index in [1.54, 1.807) is 52.3 Å². The average Bonchev–Trinajstić information content (AvgIpc) is 3.69. The van der Waals surface area contributed by atoms with Crippen molar-refractivity contribution >= 4 is 31.3 Å². The van der Waals surface area contributed by atoms with Gasteiger partial charge in [-0.2, -0.15) is 4.98 Å². The first-order chi connectivity index (χ1) is 24.5. The monoisotopic (exact) mass is 719 g/mol. The van der Waals surface area contributed by atoms with Crippen LogP contribution >= 0.6 is 8.25 Å². The van der Waals surface area contributed by atoms with Crippen LogP contribution in [-0.4, -0.2) is 64.6 Å². The second-order valence-corrected chi connectivity index (χ2v) is 12.7. The molecular formula is C35H35FN5O9P. The number of carbonyl (C=O) groups is 1. The first-order valence-electron chi connectivity index (χ1n) is 15.9. The fraction of sp³-hybridized carbons (Fsp3) is 0.314. The fourth-order valence-corrected chi connectivity index (χ4v) is 6.40. The molecule has 14 nitrogen and oxygen atoms in total. The average molecular weight is 720 g/mol. The van der Waals surface area contributed by atoms with Crippen LogP contribution in [-0.2, 0) is 29.0 Å². The number of hydrogen-bond donors (Lipinski definition) is 2. The number of imidazole rings is 1. The van der Waals surface area contributed by atoms with Crippen molar-refractivity contribution < 1.29 is 42.1 Å². The highest BCUT2D eigenvalue weighted by molar-refractivity contribution is 7.30. The molecule has 6 rings (SSSR count). The van der Waals surface area contributed by atoms with Crippen LogP contribution in [0.4, 0.5) is 10.3 Å². The van der Waals surface area contributed by atoms with Gasteiger partial charge in [0.15, 0.2) is 29.7 Å². The summed E-state index contributed by atoms with van der Waals surface area (Å²) in [7, 11) is -0.436. The van der Waals surface area contributed by atoms with Crippen LogP contribution in [0.25, 0.3) is 11.2 Å². The highest BCUT2D eigenvalue weighted by Gasteiger charge is 2.52. The zero-order valence-electron chi connectivity index (χ0n) is 28.0. The van der Waals surface area contributed by atoms with Crippen molar-refractivity contribution in [3.05, 3.63) is 112 Å². The molecule has 0 aliphatic carbocycles. The summed E-state index contributed by atoms with van der Waals surface area (Å²) < 4.78 is 58.3. The van der Waals surface area contributed by atoms with Gasteiger partial charge in [0.2, 0.25) is 11.9 Å². The Morgan fingerprint density at radius 2 is 1.61 bits per heavy atom. The maximum absolute atomic E-state index is 16.4. The van der Waals surface area contributed by atoms with Crippen molar-refractivity contribution in [1.29, 1.82) is 0 Å². The molecule has 3 aromatic carbocycles. The molecular weight excluding hydrogens is 684 g/mol. The summed E-state index contributed by atoms with van der Waals surface area (Å²) in [6.45, 7) is 2.93. The number of amides is 1. The number of nitrogens with zero attached hydrogens (tertiary/aromatic N) is 3. The lowest BCUT2D eigenvalue weighted by atomic mass is 9.80. The van der Waals surface area contributed by atoms with Crippen molar-refractivity contribution in [2.24, 2.45) is 5.92 Å². The lowest BCUT2D eigenvalue weighted by Crippen LogP contribution is -2.38. The molecule has 2 N–H and O–H groups in total. The van der Waals surface area contributed by atoms with Gasteiger partial charge in [-0.15, -0.1) is 4.52 Å². The van der Waals surface area contributed by atoms with Crippen LogP contribution in [0.1, 0.15) is 36.8 Å². The maximum atomic E-state index is 16.4. The molecule has 0 bridgehead atoms. The molecule has 5 aromatic rings. The third-order valence-corrected chi connectivity index (χ3v) is 9.00. The molecule has 1 saturated heterocycles. The Bertz CT molecular complexity index is 2010. The summed E-state index contributed by atoms with van der Waals surface area (Å²) in [6.07, 6.45) is -5.42. The first kappa shape index (κ1) is 35.8. The van der Waals surface area contributed by atoms with E-state index in [-0.39, 0.29) is 17.1 Å². The summed E-state index contributed by atoms with van der Waals surface area (Å²) in [5.41, 5.74) is -0.196. The van der Waals surface area contributed by atoms with Gasteiger partial charge in [-0.3, -0.25) is 24.5 Å². The highest BCUT2D eigenvalue weighted by atomic mass is 31.1. The molecule has 266 valence electrons. The quantitative estimate of drug-likeness (QED) is 0.130. The molecule has 1 aliphatic heterocycles. The van der Waals surface area contributed by atoms with Crippen molar-refractivity contribution in [2.45, 2.75) is 44.1 Å². The van der Waals surface area contributed by atoms with Gasteiger partial charge in [0.25, 0.3) is 5.56 Å². The standard InChI is InChI=1S/C35H35FN5O9P/c1-20(2)31(42)39-34-38-30-28(32(43)40-34)37-19-41(30)33-29(50-51(44)45)27(36)26(49-33)18-48-35(21-8-6-5-7-9-21,22-10-14-24(46-3)15-11-22)23-12-16-25(47-4)17-13-23/h5-17,19-20,26-27,29,33H,18H2,1-4H3,(H2,38,39,40,42,43)/t26-,27+,29-,33-/m1/s1. The molecule has 1 amide bonds. The number of H-pyrrole nitrogens is 1. The molecule has 51 heavy (non-hydrogen) atoms. The van der Waals surface area contributed by atoms with Crippen molar-refractivity contribution in [1.82, 2.24) is 19.5 Å². The largest absolute Gasteiger partial charge is 0.566 e. The summed E-state index contributed by atoms with van der Waals surface area (Å²) in [5, 5.41) is 2.52. The topological polar surface area (TPSA) is 179 Å². The van der Waals surface area contributed by atoms with E-state index < -0.39 is 62.5 Å². The molecule has 0 spiro atoms. The van der Waals surface area contributed by atoms with Gasteiger partial charge in [0.1, 0.15) is 23.2 Å². The van der Waals surface area contributed by atoms with E-state index in [4.69, 9.17) is 23.5 Å². The van der Waals surface area contributed by atoms with E-state index in [0.717, 1.165) is 0 Å². The van der Waals surface area contributed by atoms with E-state index in [2.05, 4.69) is 20.3 Å². The van der Waals surface area contributed by atoms with E-state index in [9.17, 15) is 19.0 Å². The number of rotatable bonds is 13. The lowest BCUT2D eigenvalue weighted by Gasteiger charge is -2.37. The van der Waals surface area contributed by atoms with Crippen LogP contribution in [0.15, 0.2) is 90.0 Å². The molecule has 2 aromatic heterocycles. The Morgan fingerprint density at radius 3 is 2.16 bits per heavy atom. The Labute approximate surface area is 292 Å². The SMILES string of the molecule is COc1ccc(C(OC[C@H]2O[C@@H](n3cnc4c(=O)[nH]c(NC(=O)C(C)C)nc43)[C@H](O[P+](=O)[O-])[C@H]2F)(c2ccccc2)c2ccc(OC)cc2)cc1. The van der Waals surface area contributed by atoms with Crippen LogP contribution in [0.2, 0.25) is 0 Å². The van der Waals surface area contributed by atoms with Gasteiger partial charge in [0.05, 0.1) is 27.2 Å². The Balaban J connectivity index is 1.40. The summed E-state index contributed by atoms with van der Waals surface area (Å²) >= 11 is 0. The normalized spacial score (nSPS) is 19.3. The summed E-state index contributed by atoms with van der Waals surface area (Å²) in [4.78, 5) is 47.9. The number of fused-ring (bicyclic) bond motifs is 1. The Hall–Kier alpha value is -5.05. The van der Waals surface area contributed by atoms with Crippen LogP contribution in [0.3, 0.4) is 0 Å². The van der Waals surface area contributed by atoms with Gasteiger partial charge >= 0.3 is 8.25 Å². The van der Waals surface area contributed by atoms with Gasteiger partial charge in [-0.05, 0) is 45.5 Å². The molecule has 16 heteroatoms. The van der Waals surface area contributed by atoms with Crippen molar-refractivity contribution in [3.8, 4) is 11.5 Å². The maximum Gasteiger partial charge on any atom is 0.489 e. The zero-order valence-corrected chi connectivity index (χ0v) is 28.9. The van der Waals surface area contributed by atoms with Crippen LogP contribution in [0, 0.1) is 5.92 Å². The predicted octanol–water partition coefficient (Wildman–Crippen LogP) is 4.38. The van der Waals surface area contributed by atoms with Crippen LogP contribution in [0.5, 0.6) is 11.5 Å². The van der Waals surface area contributed by atoms with Gasteiger partial charge in [-0.1, -0.05) is 68.4 Å². The molecule has 0 radical (unpaired) electrons. The molecule has 1 aliphatic rings. The number of carbonyl (C=O) groups excluding carboxylic acids is 1. The van der Waals surface area contributed by atoms with Crippen molar-refractivity contribution in [2.75, 3.05) is 26.1 Å².